The second-order valence-corrected chi connectivity index (χ2v) is 6.43. The van der Waals surface area contributed by atoms with Crippen molar-refractivity contribution in [1.29, 1.82) is 0 Å². The Balaban J connectivity index is 1.85. The number of hydrogen-bond acceptors (Lipinski definition) is 5. The van der Waals surface area contributed by atoms with E-state index in [0.717, 1.165) is 23.4 Å². The highest BCUT2D eigenvalue weighted by Gasteiger charge is 2.10. The summed E-state index contributed by atoms with van der Waals surface area (Å²) in [5, 5.41) is 2.93. The second kappa shape index (κ2) is 10.4. The molecule has 146 valence electrons. The van der Waals surface area contributed by atoms with Gasteiger partial charge in [0.05, 0.1) is 20.6 Å². The molecule has 1 amide bonds. The highest BCUT2D eigenvalue weighted by molar-refractivity contribution is 5.79. The Bertz CT molecular complexity index is 729. The maximum atomic E-state index is 12.3. The molecule has 0 spiro atoms. The van der Waals surface area contributed by atoms with Crippen LogP contribution in [-0.4, -0.2) is 52.3 Å². The Kier molecular flexibility index (Phi) is 7.95. The van der Waals surface area contributed by atoms with Gasteiger partial charge in [-0.05, 0) is 50.0 Å². The van der Waals surface area contributed by atoms with Crippen molar-refractivity contribution in [3.05, 3.63) is 53.6 Å². The summed E-state index contributed by atoms with van der Waals surface area (Å²) in [6, 6.07) is 13.2. The van der Waals surface area contributed by atoms with Crippen LogP contribution in [0.1, 0.15) is 11.1 Å². The normalized spacial score (nSPS) is 10.6. The first-order valence-electron chi connectivity index (χ1n) is 8.86. The van der Waals surface area contributed by atoms with Gasteiger partial charge in [0.1, 0.15) is 23.9 Å². The fourth-order valence-corrected chi connectivity index (χ4v) is 2.51. The molecule has 0 aliphatic rings. The van der Waals surface area contributed by atoms with Crippen molar-refractivity contribution in [2.45, 2.75) is 13.0 Å². The van der Waals surface area contributed by atoms with Crippen molar-refractivity contribution in [2.24, 2.45) is 0 Å². The average Bonchev–Trinajstić information content (AvgIpc) is 2.67. The Hall–Kier alpha value is -2.73. The number of methoxy groups -OCH3 is 2. The molecule has 0 unspecified atom stereocenters. The van der Waals surface area contributed by atoms with Crippen molar-refractivity contribution in [2.75, 3.05) is 41.5 Å². The van der Waals surface area contributed by atoms with E-state index in [1.807, 2.05) is 50.5 Å². The Morgan fingerprint density at radius 1 is 1.00 bits per heavy atom. The lowest BCUT2D eigenvalue weighted by Crippen LogP contribution is -2.24. The van der Waals surface area contributed by atoms with E-state index in [2.05, 4.69) is 10.2 Å². The van der Waals surface area contributed by atoms with E-state index in [-0.39, 0.29) is 12.3 Å². The highest BCUT2D eigenvalue weighted by atomic mass is 16.5. The van der Waals surface area contributed by atoms with E-state index >= 15 is 0 Å². The van der Waals surface area contributed by atoms with Crippen molar-refractivity contribution in [3.8, 4) is 17.2 Å². The molecule has 0 aliphatic carbocycles. The summed E-state index contributed by atoms with van der Waals surface area (Å²) in [5.41, 5.74) is 1.81. The molecule has 6 heteroatoms. The molecule has 1 N–H and O–H groups in total. The monoisotopic (exact) mass is 372 g/mol. The topological polar surface area (TPSA) is 60.0 Å². The molecule has 0 heterocycles. The molecule has 0 saturated carbocycles. The summed E-state index contributed by atoms with van der Waals surface area (Å²) in [4.78, 5) is 14.4. The largest absolute Gasteiger partial charge is 0.497 e. The maximum Gasteiger partial charge on any atom is 0.224 e. The maximum absolute atomic E-state index is 12.3. The Morgan fingerprint density at radius 2 is 1.70 bits per heavy atom. The number of rotatable bonds is 10. The van der Waals surface area contributed by atoms with Gasteiger partial charge in [-0.2, -0.15) is 0 Å². The number of nitrogens with zero attached hydrogens (tertiary/aromatic N) is 1. The number of nitrogens with one attached hydrogen (secondary N) is 1. The molecule has 0 aliphatic heterocycles. The smallest absolute Gasteiger partial charge is 0.224 e. The van der Waals surface area contributed by atoms with Gasteiger partial charge in [0.15, 0.2) is 0 Å². The summed E-state index contributed by atoms with van der Waals surface area (Å²) < 4.78 is 16.2. The number of carbonyl (C=O) groups excluding carboxylic acids is 1. The van der Waals surface area contributed by atoms with Gasteiger partial charge in [-0.25, -0.2) is 0 Å². The summed E-state index contributed by atoms with van der Waals surface area (Å²) in [6.07, 6.45) is 0.228. The van der Waals surface area contributed by atoms with Gasteiger partial charge in [-0.15, -0.1) is 0 Å². The van der Waals surface area contributed by atoms with Crippen LogP contribution in [0.5, 0.6) is 17.2 Å². The zero-order valence-corrected chi connectivity index (χ0v) is 16.5. The van der Waals surface area contributed by atoms with Gasteiger partial charge in [-0.1, -0.05) is 12.1 Å². The number of ether oxygens (including phenoxy) is 3. The van der Waals surface area contributed by atoms with Crippen LogP contribution in [0.15, 0.2) is 42.5 Å². The Morgan fingerprint density at radius 3 is 2.33 bits per heavy atom. The molecule has 27 heavy (non-hydrogen) atoms. The van der Waals surface area contributed by atoms with Gasteiger partial charge >= 0.3 is 0 Å². The lowest BCUT2D eigenvalue weighted by atomic mass is 10.1. The van der Waals surface area contributed by atoms with Crippen LogP contribution in [-0.2, 0) is 17.8 Å². The molecule has 2 aromatic rings. The van der Waals surface area contributed by atoms with E-state index in [0.29, 0.717) is 24.7 Å². The standard InChI is InChI=1S/C21H28N2O4/c1-23(2)11-12-27-18-7-5-16(6-8-18)15-22-21(24)14-17-13-19(25-3)9-10-20(17)26-4/h5-10,13H,11-12,14-15H2,1-4H3,(H,22,24). The summed E-state index contributed by atoms with van der Waals surface area (Å²) in [6.45, 7) is 1.97. The molecule has 0 atom stereocenters. The van der Waals surface area contributed by atoms with E-state index in [1.54, 1.807) is 20.3 Å². The predicted octanol–water partition coefficient (Wildman–Crippen LogP) is 2.50. The van der Waals surface area contributed by atoms with E-state index in [4.69, 9.17) is 14.2 Å². The third-order valence-electron chi connectivity index (χ3n) is 4.06. The molecule has 0 radical (unpaired) electrons. The van der Waals surface area contributed by atoms with Crippen LogP contribution in [0.4, 0.5) is 0 Å². The fourth-order valence-electron chi connectivity index (χ4n) is 2.51. The molecular formula is C21H28N2O4. The predicted molar refractivity (Wildman–Crippen MR) is 106 cm³/mol. The molecule has 0 aromatic heterocycles. The lowest BCUT2D eigenvalue weighted by Gasteiger charge is -2.12. The van der Waals surface area contributed by atoms with Gasteiger partial charge < -0.3 is 24.4 Å². The first kappa shape index (κ1) is 20.6. The first-order valence-corrected chi connectivity index (χ1v) is 8.86. The first-order chi connectivity index (χ1) is 13.0. The van der Waals surface area contributed by atoms with E-state index in [1.165, 1.54) is 0 Å². The molecule has 6 nitrogen and oxygen atoms in total. The van der Waals surface area contributed by atoms with Crippen LogP contribution in [0.2, 0.25) is 0 Å². The minimum atomic E-state index is -0.0761. The van der Waals surface area contributed by atoms with Gasteiger partial charge in [0, 0.05) is 18.7 Å². The number of hydrogen-bond donors (Lipinski definition) is 1. The molecule has 2 aromatic carbocycles. The fraction of sp³-hybridized carbons (Fsp3) is 0.381. The SMILES string of the molecule is COc1ccc(OC)c(CC(=O)NCc2ccc(OCCN(C)C)cc2)c1. The highest BCUT2D eigenvalue weighted by Crippen LogP contribution is 2.24. The number of amides is 1. The molecule has 0 saturated heterocycles. The second-order valence-electron chi connectivity index (χ2n) is 6.43. The molecule has 2 rings (SSSR count). The van der Waals surface area contributed by atoms with Crippen LogP contribution >= 0.6 is 0 Å². The summed E-state index contributed by atoms with van der Waals surface area (Å²) in [7, 11) is 7.21. The van der Waals surface area contributed by atoms with E-state index < -0.39 is 0 Å². The van der Waals surface area contributed by atoms with Crippen LogP contribution in [0, 0.1) is 0 Å². The van der Waals surface area contributed by atoms with Crippen LogP contribution < -0.4 is 19.5 Å². The lowest BCUT2D eigenvalue weighted by molar-refractivity contribution is -0.120. The molecule has 0 bridgehead atoms. The van der Waals surface area contributed by atoms with Gasteiger partial charge in [-0.3, -0.25) is 4.79 Å². The van der Waals surface area contributed by atoms with Crippen molar-refractivity contribution >= 4 is 5.91 Å². The third-order valence-corrected chi connectivity index (χ3v) is 4.06. The average molecular weight is 372 g/mol. The minimum Gasteiger partial charge on any atom is -0.497 e. The van der Waals surface area contributed by atoms with Crippen molar-refractivity contribution < 1.29 is 19.0 Å². The van der Waals surface area contributed by atoms with Crippen molar-refractivity contribution in [3.63, 3.8) is 0 Å². The minimum absolute atomic E-state index is 0.0761. The van der Waals surface area contributed by atoms with Gasteiger partial charge in [0.2, 0.25) is 5.91 Å². The van der Waals surface area contributed by atoms with Crippen LogP contribution in [0.25, 0.3) is 0 Å². The van der Waals surface area contributed by atoms with E-state index in [9.17, 15) is 4.79 Å². The number of likely N-dealkylation sites (N-methyl/N-ethyl adjacent to an activating group) is 1. The number of benzene rings is 2. The molecular weight excluding hydrogens is 344 g/mol. The zero-order chi connectivity index (χ0) is 19.6. The third kappa shape index (κ3) is 6.83. The Labute approximate surface area is 161 Å². The summed E-state index contributed by atoms with van der Waals surface area (Å²) in [5.74, 6) is 2.12. The molecule has 0 fully saturated rings. The van der Waals surface area contributed by atoms with Crippen LogP contribution in [0.3, 0.4) is 0 Å². The number of carbonyl (C=O) groups is 1. The van der Waals surface area contributed by atoms with Gasteiger partial charge in [0.25, 0.3) is 0 Å². The summed E-state index contributed by atoms with van der Waals surface area (Å²) >= 11 is 0. The zero-order valence-electron chi connectivity index (χ0n) is 16.5. The quantitative estimate of drug-likeness (QED) is 0.694. The van der Waals surface area contributed by atoms with Crippen molar-refractivity contribution in [1.82, 2.24) is 10.2 Å².